The van der Waals surface area contributed by atoms with Crippen molar-refractivity contribution >= 4 is 76.2 Å². The van der Waals surface area contributed by atoms with Crippen molar-refractivity contribution in [1.82, 2.24) is 23.7 Å². The molecular formula is C53H35N5. The van der Waals surface area contributed by atoms with Gasteiger partial charge in [-0.05, 0) is 58.3 Å². The summed E-state index contributed by atoms with van der Waals surface area (Å²) in [4.78, 5) is 11.1. The maximum absolute atomic E-state index is 5.59. The summed E-state index contributed by atoms with van der Waals surface area (Å²) in [6.45, 7) is 1.95. The lowest BCUT2D eigenvalue weighted by molar-refractivity contribution is 0.760. The van der Waals surface area contributed by atoms with E-state index in [4.69, 9.17) is 9.97 Å². The van der Waals surface area contributed by atoms with Crippen LogP contribution >= 0.6 is 0 Å². The lowest BCUT2D eigenvalue weighted by atomic mass is 9.98. The van der Waals surface area contributed by atoms with Crippen LogP contribution in [0, 0.1) is 0 Å². The van der Waals surface area contributed by atoms with Crippen molar-refractivity contribution in [2.75, 3.05) is 0 Å². The molecule has 12 aromatic rings. The van der Waals surface area contributed by atoms with Gasteiger partial charge in [0.15, 0.2) is 0 Å². The van der Waals surface area contributed by atoms with E-state index < -0.39 is 0 Å². The second-order valence-corrected chi connectivity index (χ2v) is 15.7. The molecule has 5 nitrogen and oxygen atoms in total. The quantitative estimate of drug-likeness (QED) is 0.170. The lowest BCUT2D eigenvalue weighted by Gasteiger charge is -2.15. The zero-order valence-electron chi connectivity index (χ0n) is 31.6. The molecule has 58 heavy (non-hydrogen) atoms. The van der Waals surface area contributed by atoms with Gasteiger partial charge >= 0.3 is 0 Å². The smallest absolute Gasteiger partial charge is 0.149 e. The van der Waals surface area contributed by atoms with Gasteiger partial charge in [-0.15, -0.1) is 0 Å². The van der Waals surface area contributed by atoms with E-state index in [-0.39, 0.29) is 0 Å². The van der Waals surface area contributed by atoms with Crippen LogP contribution in [0.1, 0.15) is 17.1 Å². The molecule has 0 amide bonds. The highest BCUT2D eigenvalue weighted by molar-refractivity contribution is 6.16. The van der Waals surface area contributed by atoms with Crippen LogP contribution in [0.5, 0.6) is 0 Å². The molecule has 0 unspecified atom stereocenters. The number of fused-ring (bicyclic) bond motifs is 12. The standard InChI is InChI=1S/C53H35N5/c1-7-22-44-35(14-1)36-15-2-8-23-45(36)56(44)30-33-28-29-41-51-34(33)20-13-21-42(51)53-52(41)43(31-57-46-24-9-3-16-37(46)38-17-4-10-25-47(38)57)54-50(55-53)32-58-48-26-11-5-18-39(48)40-19-6-12-27-49(40)58/h1-29H,30-32H2. The summed E-state index contributed by atoms with van der Waals surface area (Å²) in [5.41, 5.74) is 14.2. The first-order valence-electron chi connectivity index (χ1n) is 20.1. The SMILES string of the molecule is c1cc2c3c(ccc(Cn4c5ccccc5c5ccccc54)c3c1)-c1c(Cn3c4ccccc4c4ccccc43)nc(Cn3c4ccccc4c4ccccc43)nc1-2. The maximum Gasteiger partial charge on any atom is 0.149 e. The average molecular weight is 742 g/mol. The number of rotatable bonds is 6. The molecule has 0 saturated heterocycles. The lowest BCUT2D eigenvalue weighted by Crippen LogP contribution is -2.11. The first-order chi connectivity index (χ1) is 28.8. The van der Waals surface area contributed by atoms with Gasteiger partial charge in [0.2, 0.25) is 0 Å². The van der Waals surface area contributed by atoms with Crippen LogP contribution in [0.3, 0.4) is 0 Å². The molecule has 8 aromatic carbocycles. The molecule has 1 aliphatic rings. The largest absolute Gasteiger partial charge is 0.336 e. The average Bonchev–Trinajstić information content (AvgIpc) is 3.99. The molecule has 4 heterocycles. The summed E-state index contributed by atoms with van der Waals surface area (Å²) in [5.74, 6) is 0.816. The zero-order valence-corrected chi connectivity index (χ0v) is 31.6. The fourth-order valence-corrected chi connectivity index (χ4v) is 10.2. The molecule has 0 aliphatic heterocycles. The fraction of sp³-hybridized carbons (Fsp3) is 0.0566. The minimum absolute atomic E-state index is 0.562. The third-order valence-corrected chi connectivity index (χ3v) is 12.7. The van der Waals surface area contributed by atoms with E-state index in [0.29, 0.717) is 13.1 Å². The Kier molecular flexibility index (Phi) is 6.55. The topological polar surface area (TPSA) is 40.6 Å². The molecule has 0 fully saturated rings. The monoisotopic (exact) mass is 741 g/mol. The molecule has 0 saturated carbocycles. The summed E-state index contributed by atoms with van der Waals surface area (Å²) < 4.78 is 7.33. The van der Waals surface area contributed by atoms with Gasteiger partial charge in [-0.25, -0.2) is 9.97 Å². The van der Waals surface area contributed by atoms with E-state index in [1.54, 1.807) is 0 Å². The van der Waals surface area contributed by atoms with E-state index >= 15 is 0 Å². The first-order valence-corrected chi connectivity index (χ1v) is 20.1. The van der Waals surface area contributed by atoms with Crippen molar-refractivity contribution < 1.29 is 0 Å². The Hall–Kier alpha value is -7.50. The first kappa shape index (κ1) is 31.7. The summed E-state index contributed by atoms with van der Waals surface area (Å²) in [5, 5.41) is 10.1. The fourth-order valence-electron chi connectivity index (χ4n) is 10.2. The second kappa shape index (κ2) is 12.0. The predicted octanol–water partition coefficient (Wildman–Crippen LogP) is 12.7. The maximum atomic E-state index is 5.59. The number of para-hydroxylation sites is 6. The highest BCUT2D eigenvalue weighted by Crippen LogP contribution is 2.49. The van der Waals surface area contributed by atoms with Gasteiger partial charge in [-0.3, -0.25) is 0 Å². The van der Waals surface area contributed by atoms with Gasteiger partial charge in [0, 0.05) is 83.1 Å². The molecule has 272 valence electrons. The molecular weight excluding hydrogens is 707 g/mol. The molecule has 0 radical (unpaired) electrons. The van der Waals surface area contributed by atoms with Crippen molar-refractivity contribution in [3.63, 3.8) is 0 Å². The zero-order chi connectivity index (χ0) is 37.9. The van der Waals surface area contributed by atoms with Crippen LogP contribution in [-0.2, 0) is 19.6 Å². The minimum atomic E-state index is 0.562. The summed E-state index contributed by atoms with van der Waals surface area (Å²) in [6.07, 6.45) is 0. The summed E-state index contributed by atoms with van der Waals surface area (Å²) in [6, 6.07) is 64.0. The minimum Gasteiger partial charge on any atom is -0.336 e. The van der Waals surface area contributed by atoms with E-state index in [1.165, 1.54) is 92.9 Å². The van der Waals surface area contributed by atoms with E-state index in [9.17, 15) is 0 Å². The third kappa shape index (κ3) is 4.41. The van der Waals surface area contributed by atoms with Gasteiger partial charge in [-0.2, -0.15) is 0 Å². The molecule has 0 bridgehead atoms. The van der Waals surface area contributed by atoms with Crippen LogP contribution in [0.25, 0.3) is 98.6 Å². The van der Waals surface area contributed by atoms with Crippen molar-refractivity contribution in [2.24, 2.45) is 0 Å². The number of hydrogen-bond acceptors (Lipinski definition) is 2. The highest BCUT2D eigenvalue weighted by Gasteiger charge is 2.29. The van der Waals surface area contributed by atoms with Crippen molar-refractivity contribution in [1.29, 1.82) is 0 Å². The molecule has 13 rings (SSSR count). The van der Waals surface area contributed by atoms with E-state index in [0.717, 1.165) is 29.3 Å². The Morgan fingerprint density at radius 1 is 0.328 bits per heavy atom. The van der Waals surface area contributed by atoms with Crippen LogP contribution in [0.4, 0.5) is 0 Å². The number of benzene rings is 8. The van der Waals surface area contributed by atoms with Gasteiger partial charge in [0.05, 0.1) is 24.5 Å². The summed E-state index contributed by atoms with van der Waals surface area (Å²) in [7, 11) is 0. The predicted molar refractivity (Wildman–Crippen MR) is 240 cm³/mol. The summed E-state index contributed by atoms with van der Waals surface area (Å²) >= 11 is 0. The van der Waals surface area contributed by atoms with Crippen LogP contribution in [0.2, 0.25) is 0 Å². The Morgan fingerprint density at radius 2 is 0.741 bits per heavy atom. The molecule has 4 aromatic heterocycles. The van der Waals surface area contributed by atoms with Crippen molar-refractivity contribution in [3.05, 3.63) is 193 Å². The Bertz CT molecular complexity index is 3510. The molecule has 5 heteroatoms. The van der Waals surface area contributed by atoms with E-state index in [1.807, 2.05) is 0 Å². The molecule has 0 atom stereocenters. The third-order valence-electron chi connectivity index (χ3n) is 12.7. The van der Waals surface area contributed by atoms with Crippen LogP contribution in [-0.4, -0.2) is 23.7 Å². The van der Waals surface area contributed by atoms with Gasteiger partial charge in [-0.1, -0.05) is 140 Å². The highest BCUT2D eigenvalue weighted by atomic mass is 15.1. The Morgan fingerprint density at radius 3 is 1.22 bits per heavy atom. The number of aromatic nitrogens is 5. The Balaban J connectivity index is 1.03. The van der Waals surface area contributed by atoms with E-state index in [2.05, 4.69) is 190 Å². The molecule has 1 aliphatic carbocycles. The van der Waals surface area contributed by atoms with Crippen LogP contribution in [0.15, 0.2) is 176 Å². The van der Waals surface area contributed by atoms with Crippen LogP contribution < -0.4 is 0 Å². The van der Waals surface area contributed by atoms with Crippen molar-refractivity contribution in [3.8, 4) is 22.4 Å². The number of nitrogens with zero attached hydrogens (tertiary/aromatic N) is 5. The second-order valence-electron chi connectivity index (χ2n) is 15.7. The van der Waals surface area contributed by atoms with Gasteiger partial charge in [0.1, 0.15) is 5.82 Å². The van der Waals surface area contributed by atoms with Crippen molar-refractivity contribution in [2.45, 2.75) is 19.6 Å². The molecule has 0 N–H and O–H groups in total. The molecule has 0 spiro atoms. The Labute approximate surface area is 333 Å². The van der Waals surface area contributed by atoms with Gasteiger partial charge < -0.3 is 13.7 Å². The number of hydrogen-bond donors (Lipinski definition) is 0. The van der Waals surface area contributed by atoms with Gasteiger partial charge in [0.25, 0.3) is 0 Å². The normalized spacial score (nSPS) is 12.3.